The Balaban J connectivity index is 0. The van der Waals surface area contributed by atoms with Crippen molar-refractivity contribution in [2.24, 2.45) is 0 Å². The monoisotopic (exact) mass is 744 g/mol. The minimum atomic E-state index is -1.13. The maximum absolute atomic E-state index is 2.93. The van der Waals surface area contributed by atoms with Crippen LogP contribution in [0.25, 0.3) is 0 Å². The Labute approximate surface area is 242 Å². The first-order chi connectivity index (χ1) is 14.1. The van der Waals surface area contributed by atoms with Crippen LogP contribution in [0.2, 0.25) is 144 Å². The zero-order valence-electron chi connectivity index (χ0n) is 27.9. The third kappa shape index (κ3) is 11.2. The fourth-order valence-corrected chi connectivity index (χ4v) is 282. The Bertz CT molecular complexity index is 558. The van der Waals surface area contributed by atoms with Gasteiger partial charge >= 0.3 is 81.0 Å². The summed E-state index contributed by atoms with van der Waals surface area (Å²) in [6.45, 7) is 59.2. The van der Waals surface area contributed by atoms with Gasteiger partial charge in [0, 0.05) is 59.3 Å². The maximum Gasteiger partial charge on any atom is 0.0303 e. The van der Waals surface area contributed by atoms with Crippen LogP contribution < -0.4 is 0 Å². The molecule has 0 bridgehead atoms. The largest absolute Gasteiger partial charge is 0.0739 e. The molecule has 0 spiro atoms. The van der Waals surface area contributed by atoms with E-state index in [0.717, 1.165) is 0 Å². The number of hydrogen-bond acceptors (Lipinski definition) is 1. The van der Waals surface area contributed by atoms with Gasteiger partial charge in [-0.1, -0.05) is 105 Å². The molecule has 12 heteroatoms. The van der Waals surface area contributed by atoms with Gasteiger partial charge in [-0.15, -0.1) is 0 Å². The predicted octanol–water partition coefficient (Wildman–Crippen LogP) is 8.34. The summed E-state index contributed by atoms with van der Waals surface area (Å²) in [7, 11) is -8.54. The van der Waals surface area contributed by atoms with Crippen molar-refractivity contribution >= 4 is 98.6 Å². The summed E-state index contributed by atoms with van der Waals surface area (Å²) in [5.41, 5.74) is 0. The van der Waals surface area contributed by atoms with Gasteiger partial charge in [0.25, 0.3) is 0 Å². The van der Waals surface area contributed by atoms with Crippen LogP contribution in [0.3, 0.4) is 0 Å². The van der Waals surface area contributed by atoms with E-state index in [4.69, 9.17) is 0 Å². The summed E-state index contributed by atoms with van der Waals surface area (Å²) in [6, 6.07) is 0. The van der Waals surface area contributed by atoms with Crippen molar-refractivity contribution in [2.45, 2.75) is 144 Å². The van der Waals surface area contributed by atoms with Gasteiger partial charge in [0.1, 0.15) is 0 Å². The molecule has 1 nitrogen and oxygen atoms in total. The Hall–Kier alpha value is 2.93. The van der Waals surface area contributed by atoms with Gasteiger partial charge in [0.05, 0.1) is 0 Å². The van der Waals surface area contributed by atoms with E-state index in [1.807, 2.05) is 0 Å². The van der Waals surface area contributed by atoms with Crippen molar-refractivity contribution in [3.8, 4) is 0 Å². The molecule has 0 fully saturated rings. The van der Waals surface area contributed by atoms with Crippen LogP contribution in [-0.4, -0.2) is 101 Å². The predicted molar refractivity (Wildman–Crippen MR) is 194 cm³/mol. The minimum Gasteiger partial charge on any atom is -0.0739 e. The zero-order chi connectivity index (χ0) is 28.7. The molecule has 0 aromatic carbocycles. The SMILES string of the molecule is C[Si](C)(C)[N]([Sn-])[Si](C)(C)C.C[Si](C)(C)[Si]([Si](C)(C)C)[Si](C)(C)[Si](C)(C)[Si]([Si](C)(C)C)[Si](C)(C)C. The Morgan fingerprint density at radius 3 is 0.559 bits per heavy atom. The van der Waals surface area contributed by atoms with Crippen LogP contribution in [0.5, 0.6) is 0 Å². The maximum atomic E-state index is 2.93. The summed E-state index contributed by atoms with van der Waals surface area (Å²) in [6.07, 6.45) is 0. The molecule has 0 heterocycles. The topological polar surface area (TPSA) is 3.24 Å². The smallest absolute Gasteiger partial charge is 0.0303 e. The molecule has 0 saturated heterocycles. The molecule has 0 aliphatic rings. The normalized spacial score (nSPS) is 15.7. The van der Waals surface area contributed by atoms with Gasteiger partial charge in [-0.25, -0.2) is 0 Å². The molecule has 0 aliphatic heterocycles. The van der Waals surface area contributed by atoms with E-state index in [-0.39, 0.29) is 14.7 Å². The van der Waals surface area contributed by atoms with Crippen LogP contribution >= 0.6 is 0 Å². The second kappa shape index (κ2) is 12.2. The third-order valence-electron chi connectivity index (χ3n) is 7.15. The molecule has 0 saturated carbocycles. The first-order valence-corrected chi connectivity index (χ1v) is 51.6. The van der Waals surface area contributed by atoms with E-state index in [9.17, 15) is 0 Å². The second-order valence-electron chi connectivity index (χ2n) is 17.7. The summed E-state index contributed by atoms with van der Waals surface area (Å²) in [4.78, 5) is 0. The number of hydrogen-bond donors (Lipinski definition) is 0. The Morgan fingerprint density at radius 2 is 0.500 bits per heavy atom. The molecule has 0 aliphatic carbocycles. The van der Waals surface area contributed by atoms with Crippen molar-refractivity contribution in [3.63, 3.8) is 0 Å². The Morgan fingerprint density at radius 1 is 0.353 bits per heavy atom. The number of nitrogens with zero attached hydrogens (tertiary/aromatic N) is 1. The standard InChI is InChI=1S/C16H48Si8.C6H18NSi2.Sn/c1-19(2,3)17(20(4,5)6)23(13,14)24(15,16)18(21(7,8)9)22(10,11)12;1-8(2,3)7-9(4,5)6;/h1-16H3;1-6H3;/q;-1;. The van der Waals surface area contributed by atoms with Crippen LogP contribution in [0.4, 0.5) is 0 Å². The molecule has 0 rings (SSSR count). The summed E-state index contributed by atoms with van der Waals surface area (Å²) < 4.78 is 2.74. The van der Waals surface area contributed by atoms with Crippen molar-refractivity contribution in [2.75, 3.05) is 0 Å². The minimum absolute atomic E-state index is 0.124. The van der Waals surface area contributed by atoms with Gasteiger partial charge in [-0.3, -0.25) is 0 Å². The van der Waals surface area contributed by atoms with Gasteiger partial charge in [-0.2, -0.15) is 0 Å². The van der Waals surface area contributed by atoms with Crippen LogP contribution in [0.1, 0.15) is 0 Å². The van der Waals surface area contributed by atoms with E-state index in [0.29, 0.717) is 0 Å². The molecule has 0 amide bonds. The van der Waals surface area contributed by atoms with Crippen LogP contribution in [0, 0.1) is 0 Å². The van der Waals surface area contributed by atoms with E-state index in [1.165, 1.54) is 0 Å². The van der Waals surface area contributed by atoms with E-state index < -0.39 is 61.1 Å². The molecule has 4 radical (unpaired) electrons. The van der Waals surface area contributed by atoms with Crippen LogP contribution in [0.15, 0.2) is 0 Å². The van der Waals surface area contributed by atoms with Gasteiger partial charge < -0.3 is 0 Å². The molecule has 204 valence electrons. The first-order valence-electron chi connectivity index (χ1n) is 13.4. The average molecular weight is 744 g/mol. The first kappa shape index (κ1) is 39.1. The van der Waals surface area contributed by atoms with Crippen LogP contribution in [-0.2, 0) is 0 Å². The fraction of sp³-hybridized carbons (Fsp3) is 1.00. The third-order valence-corrected chi connectivity index (χ3v) is 175. The zero-order valence-corrected chi connectivity index (χ0v) is 40.8. The van der Waals surface area contributed by atoms with E-state index >= 15 is 0 Å². The second-order valence-corrected chi connectivity index (χ2v) is 112. The number of rotatable bonds is 9. The van der Waals surface area contributed by atoms with Gasteiger partial charge in [0.2, 0.25) is 0 Å². The summed E-state index contributed by atoms with van der Waals surface area (Å²) in [5.74, 6) is 0. The van der Waals surface area contributed by atoms with E-state index in [1.54, 1.807) is 22.8 Å². The molecule has 0 atom stereocenters. The van der Waals surface area contributed by atoms with E-state index in [2.05, 4.69) is 146 Å². The molecular formula is C22H66NSi10Sn-. The van der Waals surface area contributed by atoms with Crippen molar-refractivity contribution in [3.05, 3.63) is 0 Å². The Kier molecular flexibility index (Phi) is 14.0. The fourth-order valence-electron chi connectivity index (χ4n) is 7.63. The molecular weight excluding hydrogens is 678 g/mol. The summed E-state index contributed by atoms with van der Waals surface area (Å²) in [5, 5.41) is 0. The van der Waals surface area contributed by atoms with Crippen molar-refractivity contribution in [1.29, 1.82) is 0 Å². The summed E-state index contributed by atoms with van der Waals surface area (Å²) >= 11 is 1.63. The van der Waals surface area contributed by atoms with Crippen molar-refractivity contribution < 1.29 is 0 Å². The molecule has 0 aromatic heterocycles. The quantitative estimate of drug-likeness (QED) is 0.215. The van der Waals surface area contributed by atoms with Gasteiger partial charge in [-0.05, 0) is 0 Å². The molecule has 0 unspecified atom stereocenters. The van der Waals surface area contributed by atoms with Gasteiger partial charge in [0.15, 0.2) is 0 Å². The van der Waals surface area contributed by atoms with Crippen molar-refractivity contribution in [1.82, 2.24) is 2.45 Å². The average Bonchev–Trinajstić information content (AvgIpc) is 2.36. The molecule has 0 aromatic rings. The molecule has 0 N–H and O–H groups in total. The molecule has 34 heavy (non-hydrogen) atoms.